The number of hydrogen-bond donors (Lipinski definition) is 1. The standard InChI is InChI=1S/C19H21N3O3S/c23-26(24,17-4-2-1-3-5-17)21-16-10-14-11-19(25-18(14)20-12-16)13-22-8-6-15(19)7-9-22/h1-5,10,12,15,21H,6-9,11,13H2. The molecule has 6 nitrogen and oxygen atoms in total. The molecule has 2 aromatic rings. The number of nitrogens with zero attached hydrogens (tertiary/aromatic N) is 2. The molecule has 4 aliphatic heterocycles. The van der Waals surface area contributed by atoms with Crippen molar-refractivity contribution in [2.24, 2.45) is 5.92 Å². The fourth-order valence-corrected chi connectivity index (χ4v) is 5.63. The maximum absolute atomic E-state index is 12.5. The molecule has 7 heteroatoms. The van der Waals surface area contributed by atoms with E-state index in [0.717, 1.165) is 31.6 Å². The number of aromatic nitrogens is 1. The van der Waals surface area contributed by atoms with Crippen LogP contribution in [0.4, 0.5) is 5.69 Å². The smallest absolute Gasteiger partial charge is 0.261 e. The van der Waals surface area contributed by atoms with Crippen LogP contribution in [-0.4, -0.2) is 43.5 Å². The molecule has 136 valence electrons. The molecule has 0 saturated carbocycles. The van der Waals surface area contributed by atoms with Gasteiger partial charge in [0.15, 0.2) is 0 Å². The fourth-order valence-electron chi connectivity index (χ4n) is 4.58. The predicted molar refractivity (Wildman–Crippen MR) is 97.7 cm³/mol. The number of ether oxygens (including phenoxy) is 1. The van der Waals surface area contributed by atoms with E-state index in [0.29, 0.717) is 17.5 Å². The van der Waals surface area contributed by atoms with Gasteiger partial charge in [-0.1, -0.05) is 18.2 Å². The van der Waals surface area contributed by atoms with E-state index in [1.54, 1.807) is 36.5 Å². The molecule has 4 aliphatic rings. The first-order valence-electron chi connectivity index (χ1n) is 9.02. The number of rotatable bonds is 3. The highest BCUT2D eigenvalue weighted by molar-refractivity contribution is 7.92. The van der Waals surface area contributed by atoms with E-state index in [1.807, 2.05) is 6.07 Å². The summed E-state index contributed by atoms with van der Waals surface area (Å²) in [6.07, 6.45) is 4.68. The summed E-state index contributed by atoms with van der Waals surface area (Å²) >= 11 is 0. The van der Waals surface area contributed by atoms with Gasteiger partial charge in [0.25, 0.3) is 10.0 Å². The van der Waals surface area contributed by atoms with Gasteiger partial charge in [0, 0.05) is 24.4 Å². The zero-order valence-electron chi connectivity index (χ0n) is 14.4. The second-order valence-electron chi connectivity index (χ2n) is 7.50. The van der Waals surface area contributed by atoms with Gasteiger partial charge in [-0.05, 0) is 44.1 Å². The second kappa shape index (κ2) is 5.69. The summed E-state index contributed by atoms with van der Waals surface area (Å²) in [7, 11) is -3.61. The average Bonchev–Trinajstić information content (AvgIpc) is 3.00. The van der Waals surface area contributed by atoms with E-state index in [9.17, 15) is 8.42 Å². The van der Waals surface area contributed by atoms with Crippen LogP contribution in [0.15, 0.2) is 47.5 Å². The van der Waals surface area contributed by atoms with Crippen molar-refractivity contribution in [3.8, 4) is 5.88 Å². The Balaban J connectivity index is 1.40. The van der Waals surface area contributed by atoms with Gasteiger partial charge in [0.2, 0.25) is 5.88 Å². The van der Waals surface area contributed by atoms with E-state index in [4.69, 9.17) is 4.74 Å². The number of benzene rings is 1. The lowest BCUT2D eigenvalue weighted by Gasteiger charge is -2.50. The van der Waals surface area contributed by atoms with Gasteiger partial charge in [-0.25, -0.2) is 13.4 Å². The number of hydrogen-bond acceptors (Lipinski definition) is 5. The van der Waals surface area contributed by atoms with E-state index >= 15 is 0 Å². The SMILES string of the molecule is O=S(=O)(Nc1cnc2c(c1)CC1(CN3CCC1CC3)O2)c1ccccc1. The quantitative estimate of drug-likeness (QED) is 0.896. The molecule has 1 aromatic heterocycles. The molecule has 3 saturated heterocycles. The molecule has 1 atom stereocenters. The Kier molecular flexibility index (Phi) is 3.52. The third-order valence-electron chi connectivity index (χ3n) is 5.84. The predicted octanol–water partition coefficient (Wildman–Crippen LogP) is 2.28. The van der Waals surface area contributed by atoms with Crippen LogP contribution in [0.3, 0.4) is 0 Å². The highest BCUT2D eigenvalue weighted by atomic mass is 32.2. The average molecular weight is 371 g/mol. The van der Waals surface area contributed by atoms with Gasteiger partial charge < -0.3 is 4.74 Å². The molecule has 2 bridgehead atoms. The Morgan fingerprint density at radius 1 is 1.19 bits per heavy atom. The maximum atomic E-state index is 12.5. The number of piperidine rings is 3. The van der Waals surface area contributed by atoms with E-state index in [1.165, 1.54) is 12.8 Å². The van der Waals surface area contributed by atoms with Crippen molar-refractivity contribution >= 4 is 15.7 Å². The highest BCUT2D eigenvalue weighted by Crippen LogP contribution is 2.46. The first-order valence-corrected chi connectivity index (χ1v) is 10.5. The van der Waals surface area contributed by atoms with Crippen LogP contribution in [0.5, 0.6) is 5.88 Å². The zero-order valence-corrected chi connectivity index (χ0v) is 15.2. The molecular formula is C19H21N3O3S. The van der Waals surface area contributed by atoms with Crippen LogP contribution >= 0.6 is 0 Å². The largest absolute Gasteiger partial charge is 0.469 e. The van der Waals surface area contributed by atoms with Crippen molar-refractivity contribution in [2.75, 3.05) is 24.4 Å². The van der Waals surface area contributed by atoms with Crippen molar-refractivity contribution in [1.82, 2.24) is 9.88 Å². The minimum Gasteiger partial charge on any atom is -0.469 e. The van der Waals surface area contributed by atoms with E-state index < -0.39 is 10.0 Å². The Hall–Kier alpha value is -2.12. The highest BCUT2D eigenvalue weighted by Gasteiger charge is 2.52. The van der Waals surface area contributed by atoms with Crippen molar-refractivity contribution in [3.63, 3.8) is 0 Å². The monoisotopic (exact) mass is 371 g/mol. The van der Waals surface area contributed by atoms with Crippen LogP contribution in [0.1, 0.15) is 18.4 Å². The van der Waals surface area contributed by atoms with Crippen molar-refractivity contribution in [1.29, 1.82) is 0 Å². The number of nitrogens with one attached hydrogen (secondary N) is 1. The van der Waals surface area contributed by atoms with Gasteiger partial charge >= 0.3 is 0 Å². The summed E-state index contributed by atoms with van der Waals surface area (Å²) in [5.41, 5.74) is 1.30. The number of anilines is 1. The van der Waals surface area contributed by atoms with Crippen LogP contribution in [0, 0.1) is 5.92 Å². The molecule has 1 aromatic carbocycles. The van der Waals surface area contributed by atoms with Crippen LogP contribution in [0.25, 0.3) is 0 Å². The molecule has 6 rings (SSSR count). The number of fused-ring (bicyclic) bond motifs is 3. The molecule has 0 aliphatic carbocycles. The van der Waals surface area contributed by atoms with Gasteiger partial charge in [-0.2, -0.15) is 0 Å². The van der Waals surface area contributed by atoms with Gasteiger partial charge in [-0.15, -0.1) is 0 Å². The Morgan fingerprint density at radius 3 is 2.65 bits per heavy atom. The van der Waals surface area contributed by atoms with Crippen molar-refractivity contribution in [3.05, 3.63) is 48.2 Å². The van der Waals surface area contributed by atoms with Crippen molar-refractivity contribution < 1.29 is 13.2 Å². The number of sulfonamides is 1. The minimum atomic E-state index is -3.61. The first kappa shape index (κ1) is 16.1. The zero-order chi connectivity index (χ0) is 17.8. The third kappa shape index (κ3) is 2.57. The summed E-state index contributed by atoms with van der Waals surface area (Å²) in [5.74, 6) is 1.22. The molecule has 1 unspecified atom stereocenters. The first-order chi connectivity index (χ1) is 12.5. The van der Waals surface area contributed by atoms with E-state index in [-0.39, 0.29) is 10.5 Å². The summed E-state index contributed by atoms with van der Waals surface area (Å²) in [5, 5.41) is 0. The molecule has 26 heavy (non-hydrogen) atoms. The van der Waals surface area contributed by atoms with Crippen LogP contribution < -0.4 is 9.46 Å². The topological polar surface area (TPSA) is 71.5 Å². The Labute approximate surface area is 153 Å². The van der Waals surface area contributed by atoms with Gasteiger partial charge in [-0.3, -0.25) is 9.62 Å². The fraction of sp³-hybridized carbons (Fsp3) is 0.421. The van der Waals surface area contributed by atoms with Gasteiger partial charge in [0.1, 0.15) is 5.60 Å². The minimum absolute atomic E-state index is 0.178. The molecule has 3 fully saturated rings. The summed E-state index contributed by atoms with van der Waals surface area (Å²) in [6, 6.07) is 10.2. The Morgan fingerprint density at radius 2 is 1.96 bits per heavy atom. The number of pyridine rings is 1. The lowest BCUT2D eigenvalue weighted by molar-refractivity contribution is -0.0814. The van der Waals surface area contributed by atoms with E-state index in [2.05, 4.69) is 14.6 Å². The molecule has 1 N–H and O–H groups in total. The summed E-state index contributed by atoms with van der Waals surface area (Å²) in [4.78, 5) is 7.11. The normalized spacial score (nSPS) is 29.4. The van der Waals surface area contributed by atoms with Crippen LogP contribution in [-0.2, 0) is 16.4 Å². The molecule has 0 radical (unpaired) electrons. The summed E-state index contributed by atoms with van der Waals surface area (Å²) in [6.45, 7) is 3.25. The molecular weight excluding hydrogens is 350 g/mol. The summed E-state index contributed by atoms with van der Waals surface area (Å²) < 4.78 is 34.0. The lowest BCUT2D eigenvalue weighted by Crippen LogP contribution is -2.61. The molecule has 0 amide bonds. The maximum Gasteiger partial charge on any atom is 0.261 e. The Bertz CT molecular complexity index is 940. The molecule has 1 spiro atoms. The van der Waals surface area contributed by atoms with Crippen molar-refractivity contribution in [2.45, 2.75) is 29.8 Å². The van der Waals surface area contributed by atoms with Gasteiger partial charge in [0.05, 0.1) is 16.8 Å². The second-order valence-corrected chi connectivity index (χ2v) is 9.18. The third-order valence-corrected chi connectivity index (χ3v) is 7.24. The lowest BCUT2D eigenvalue weighted by atomic mass is 9.73. The van der Waals surface area contributed by atoms with Crippen LogP contribution in [0.2, 0.25) is 0 Å². The molecule has 5 heterocycles.